The van der Waals surface area contributed by atoms with Crippen LogP contribution in [0.25, 0.3) is 5.76 Å². The van der Waals surface area contributed by atoms with Crippen LogP contribution in [0.5, 0.6) is 17.2 Å². The van der Waals surface area contributed by atoms with Crippen LogP contribution in [0.2, 0.25) is 0 Å². The molecule has 2 aliphatic rings. The molecule has 1 aromatic heterocycles. The normalized spacial score (nSPS) is 17.6. The van der Waals surface area contributed by atoms with Gasteiger partial charge in [0, 0.05) is 31.0 Å². The second-order valence-corrected chi connectivity index (χ2v) is 9.85. The molecule has 4 aromatic rings. The van der Waals surface area contributed by atoms with Crippen molar-refractivity contribution in [1.29, 1.82) is 0 Å². The van der Waals surface area contributed by atoms with E-state index in [9.17, 15) is 14.7 Å². The molecular weight excluding hydrogens is 522 g/mol. The number of imidazole rings is 1. The van der Waals surface area contributed by atoms with Gasteiger partial charge in [0.1, 0.15) is 31.3 Å². The van der Waals surface area contributed by atoms with Crippen molar-refractivity contribution in [1.82, 2.24) is 14.5 Å². The zero-order valence-electron chi connectivity index (χ0n) is 22.3. The lowest BCUT2D eigenvalue weighted by Gasteiger charge is -2.26. The lowest BCUT2D eigenvalue weighted by Crippen LogP contribution is -2.31. The summed E-state index contributed by atoms with van der Waals surface area (Å²) in [6.45, 7) is 2.18. The summed E-state index contributed by atoms with van der Waals surface area (Å²) in [5.74, 6) is 0.0635. The molecule has 9 nitrogen and oxygen atoms in total. The smallest absolute Gasteiger partial charge is 0.295 e. The number of fused-ring (bicyclic) bond motifs is 1. The predicted octanol–water partition coefficient (Wildman–Crippen LogP) is 4.75. The predicted molar refractivity (Wildman–Crippen MR) is 151 cm³/mol. The number of likely N-dealkylation sites (tertiary alicyclic amines) is 1. The number of aryl methyl sites for hydroxylation is 1. The Labute approximate surface area is 237 Å². The zero-order chi connectivity index (χ0) is 28.2. The summed E-state index contributed by atoms with van der Waals surface area (Å²) in [7, 11) is 0. The first-order chi connectivity index (χ1) is 20.1. The van der Waals surface area contributed by atoms with Crippen LogP contribution in [-0.2, 0) is 22.7 Å². The summed E-state index contributed by atoms with van der Waals surface area (Å²) >= 11 is 0. The van der Waals surface area contributed by atoms with E-state index in [-0.39, 0.29) is 11.3 Å². The molecule has 6 rings (SSSR count). The molecule has 1 atom stereocenters. The molecule has 2 aliphatic heterocycles. The maximum Gasteiger partial charge on any atom is 0.295 e. The molecule has 0 spiro atoms. The number of nitrogens with zero attached hydrogens (tertiary/aromatic N) is 3. The highest BCUT2D eigenvalue weighted by Crippen LogP contribution is 2.41. The van der Waals surface area contributed by atoms with Gasteiger partial charge in [0.2, 0.25) is 0 Å². The molecule has 208 valence electrons. The van der Waals surface area contributed by atoms with Crippen molar-refractivity contribution >= 4 is 17.4 Å². The van der Waals surface area contributed by atoms with Crippen LogP contribution in [0.15, 0.2) is 97.1 Å². The fourth-order valence-corrected chi connectivity index (χ4v) is 5.13. The minimum atomic E-state index is -0.769. The van der Waals surface area contributed by atoms with Gasteiger partial charge in [-0.1, -0.05) is 42.5 Å². The number of benzene rings is 3. The van der Waals surface area contributed by atoms with Gasteiger partial charge >= 0.3 is 0 Å². The minimum Gasteiger partial charge on any atom is -0.507 e. The summed E-state index contributed by atoms with van der Waals surface area (Å²) < 4.78 is 19.1. The molecule has 0 bridgehead atoms. The van der Waals surface area contributed by atoms with Crippen LogP contribution >= 0.6 is 0 Å². The van der Waals surface area contributed by atoms with Crippen LogP contribution in [0.1, 0.15) is 29.2 Å². The van der Waals surface area contributed by atoms with Crippen molar-refractivity contribution in [3.05, 3.63) is 114 Å². The SMILES string of the molecule is O=C1C(=O)N(CCCn2ccnc2)[C@H](c2ccc(OCc3ccccc3)cc2)/C1=C(\O)c1ccc2c(c1)OCCO2. The Hall–Kier alpha value is -5.05. The Bertz CT molecular complexity index is 1560. The minimum absolute atomic E-state index is 0.0345. The standard InChI is InChI=1S/C32H29N3O6/c36-30(24-9-12-26-27(19-24)40-18-17-39-26)28-29(35(32(38)31(28)37)15-4-14-34-16-13-33-21-34)23-7-10-25(11-8-23)41-20-22-5-2-1-3-6-22/h1-3,5-13,16,19,21,29,36H,4,14-15,17-18,20H2/b30-28+/t29-/m1/s1. The highest BCUT2D eigenvalue weighted by atomic mass is 16.6. The number of aromatic nitrogens is 2. The lowest BCUT2D eigenvalue weighted by atomic mass is 9.95. The quantitative estimate of drug-likeness (QED) is 0.182. The summed E-state index contributed by atoms with van der Waals surface area (Å²) in [6.07, 6.45) is 5.85. The van der Waals surface area contributed by atoms with Crippen molar-refractivity contribution in [2.75, 3.05) is 19.8 Å². The molecule has 0 unspecified atom stereocenters. The van der Waals surface area contributed by atoms with Crippen molar-refractivity contribution < 1.29 is 28.9 Å². The van der Waals surface area contributed by atoms with E-state index in [0.29, 0.717) is 67.7 Å². The van der Waals surface area contributed by atoms with Crippen LogP contribution < -0.4 is 14.2 Å². The first-order valence-electron chi connectivity index (χ1n) is 13.5. The average molecular weight is 552 g/mol. The molecule has 1 saturated heterocycles. The number of rotatable bonds is 9. The van der Waals surface area contributed by atoms with Crippen LogP contribution in [0.3, 0.4) is 0 Å². The maximum absolute atomic E-state index is 13.4. The Morgan fingerprint density at radius 1 is 0.951 bits per heavy atom. The molecule has 1 amide bonds. The molecule has 1 fully saturated rings. The first-order valence-corrected chi connectivity index (χ1v) is 13.5. The van der Waals surface area contributed by atoms with E-state index in [1.807, 2.05) is 65.4 Å². The zero-order valence-corrected chi connectivity index (χ0v) is 22.3. The van der Waals surface area contributed by atoms with Gasteiger partial charge < -0.3 is 28.8 Å². The van der Waals surface area contributed by atoms with E-state index in [1.54, 1.807) is 30.7 Å². The van der Waals surface area contributed by atoms with Gasteiger partial charge in [-0.2, -0.15) is 0 Å². The third-order valence-electron chi connectivity index (χ3n) is 7.17. The van der Waals surface area contributed by atoms with Crippen LogP contribution in [-0.4, -0.2) is 51.0 Å². The topological polar surface area (TPSA) is 103 Å². The molecule has 0 saturated carbocycles. The third kappa shape index (κ3) is 5.51. The molecule has 41 heavy (non-hydrogen) atoms. The Morgan fingerprint density at radius 2 is 1.73 bits per heavy atom. The fourth-order valence-electron chi connectivity index (χ4n) is 5.13. The number of amides is 1. The molecule has 9 heteroatoms. The van der Waals surface area contributed by atoms with Gasteiger partial charge in [-0.25, -0.2) is 4.98 Å². The van der Waals surface area contributed by atoms with Crippen molar-refractivity contribution in [2.24, 2.45) is 0 Å². The van der Waals surface area contributed by atoms with E-state index in [1.165, 1.54) is 4.90 Å². The summed E-state index contributed by atoms with van der Waals surface area (Å²) in [4.78, 5) is 32.3. The third-order valence-corrected chi connectivity index (χ3v) is 7.17. The Morgan fingerprint density at radius 3 is 2.49 bits per heavy atom. The molecule has 3 aromatic carbocycles. The van der Waals surface area contributed by atoms with Gasteiger partial charge in [-0.15, -0.1) is 0 Å². The van der Waals surface area contributed by atoms with E-state index in [2.05, 4.69) is 4.98 Å². The molecule has 3 heterocycles. The molecule has 0 radical (unpaired) electrons. The first kappa shape index (κ1) is 26.2. The number of ether oxygens (including phenoxy) is 3. The number of hydrogen-bond donors (Lipinski definition) is 1. The van der Waals surface area contributed by atoms with E-state index < -0.39 is 17.7 Å². The van der Waals surface area contributed by atoms with E-state index in [4.69, 9.17) is 14.2 Å². The van der Waals surface area contributed by atoms with Gasteiger partial charge in [0.25, 0.3) is 11.7 Å². The summed E-state index contributed by atoms with van der Waals surface area (Å²) in [5.41, 5.74) is 2.14. The monoisotopic (exact) mass is 551 g/mol. The van der Waals surface area contributed by atoms with E-state index in [0.717, 1.165) is 5.56 Å². The number of carbonyl (C=O) groups excluding carboxylic acids is 2. The lowest BCUT2D eigenvalue weighted by molar-refractivity contribution is -0.139. The largest absolute Gasteiger partial charge is 0.507 e. The second-order valence-electron chi connectivity index (χ2n) is 9.85. The highest BCUT2D eigenvalue weighted by Gasteiger charge is 2.45. The Kier molecular flexibility index (Phi) is 7.40. The number of ketones is 1. The summed E-state index contributed by atoms with van der Waals surface area (Å²) in [6, 6.07) is 21.4. The molecular formula is C32H29N3O6. The van der Waals surface area contributed by atoms with Gasteiger partial charge in [-0.05, 0) is 47.9 Å². The number of Topliss-reactive ketones (excluding diaryl/α,β-unsaturated/α-hetero) is 1. The number of aliphatic hydroxyl groups is 1. The van der Waals surface area contributed by atoms with Crippen molar-refractivity contribution in [3.63, 3.8) is 0 Å². The van der Waals surface area contributed by atoms with Crippen molar-refractivity contribution in [3.8, 4) is 17.2 Å². The fraction of sp³-hybridized carbons (Fsp3) is 0.219. The molecule has 1 N–H and O–H groups in total. The van der Waals surface area contributed by atoms with Crippen LogP contribution in [0, 0.1) is 0 Å². The van der Waals surface area contributed by atoms with Gasteiger partial charge in [0.05, 0.1) is 17.9 Å². The maximum atomic E-state index is 13.4. The van der Waals surface area contributed by atoms with Crippen LogP contribution in [0.4, 0.5) is 0 Å². The summed E-state index contributed by atoms with van der Waals surface area (Å²) in [5, 5.41) is 11.4. The van der Waals surface area contributed by atoms with Crippen molar-refractivity contribution in [2.45, 2.75) is 25.6 Å². The number of carbonyl (C=O) groups is 2. The molecule has 0 aliphatic carbocycles. The average Bonchev–Trinajstić information content (AvgIpc) is 3.63. The van der Waals surface area contributed by atoms with Gasteiger partial charge in [-0.3, -0.25) is 9.59 Å². The Balaban J connectivity index is 1.31. The number of aliphatic hydroxyl groups excluding tert-OH is 1. The van der Waals surface area contributed by atoms with E-state index >= 15 is 0 Å². The van der Waals surface area contributed by atoms with Gasteiger partial charge in [0.15, 0.2) is 11.5 Å². The number of hydrogen-bond acceptors (Lipinski definition) is 7. The second kappa shape index (κ2) is 11.6. The highest BCUT2D eigenvalue weighted by molar-refractivity contribution is 6.46.